The van der Waals surface area contributed by atoms with Crippen LogP contribution in [0.5, 0.6) is 0 Å². The third kappa shape index (κ3) is 3.12. The van der Waals surface area contributed by atoms with Gasteiger partial charge in [-0.3, -0.25) is 9.69 Å². The molecule has 36 heavy (non-hydrogen) atoms. The number of carbonyl (C=O) groups is 1. The van der Waals surface area contributed by atoms with Crippen LogP contribution in [-0.2, 0) is 18.3 Å². The van der Waals surface area contributed by atoms with Crippen LogP contribution in [0.4, 0.5) is 5.69 Å². The van der Waals surface area contributed by atoms with E-state index < -0.39 is 0 Å². The van der Waals surface area contributed by atoms with E-state index in [1.54, 1.807) is 0 Å². The number of rotatable bonds is 3. The Morgan fingerprint density at radius 1 is 1.00 bits per heavy atom. The number of carbonyl (C=O) groups excluding carboxylic acids is 1. The van der Waals surface area contributed by atoms with Crippen LogP contribution in [-0.4, -0.2) is 42.4 Å². The van der Waals surface area contributed by atoms with Gasteiger partial charge in [0.2, 0.25) is 0 Å². The van der Waals surface area contributed by atoms with Crippen molar-refractivity contribution >= 4 is 17.0 Å². The van der Waals surface area contributed by atoms with Crippen LogP contribution in [0.1, 0.15) is 78.2 Å². The third-order valence-electron chi connectivity index (χ3n) is 9.29. The Kier molecular flexibility index (Phi) is 5.15. The number of anilines is 1. The van der Waals surface area contributed by atoms with Gasteiger partial charge >= 0.3 is 0 Å². The first-order valence-electron chi connectivity index (χ1n) is 13.2. The monoisotopic (exact) mass is 476 g/mol. The maximum atomic E-state index is 13.9. The highest BCUT2D eigenvalue weighted by Gasteiger charge is 2.45. The first-order valence-corrected chi connectivity index (χ1v) is 13.2. The van der Waals surface area contributed by atoms with Crippen LogP contribution in [0.2, 0.25) is 0 Å². The zero-order valence-corrected chi connectivity index (χ0v) is 21.4. The fourth-order valence-electron chi connectivity index (χ4n) is 6.89. The predicted octanol–water partition coefficient (Wildman–Crippen LogP) is 5.17. The number of fused-ring (bicyclic) bond motifs is 3. The van der Waals surface area contributed by atoms with Gasteiger partial charge in [-0.05, 0) is 84.2 Å². The summed E-state index contributed by atoms with van der Waals surface area (Å²) in [6.45, 7) is 10.3. The smallest absolute Gasteiger partial charge is 0.193 e. The number of hydrogen-bond donors (Lipinski definition) is 0. The summed E-state index contributed by atoms with van der Waals surface area (Å²) in [4.78, 5) is 18.8. The minimum absolute atomic E-state index is 0.120. The molecule has 2 fully saturated rings. The van der Waals surface area contributed by atoms with Crippen molar-refractivity contribution in [3.05, 3.63) is 69.3 Å². The average molecular weight is 477 g/mol. The summed E-state index contributed by atoms with van der Waals surface area (Å²) in [5, 5.41) is 19.2. The summed E-state index contributed by atoms with van der Waals surface area (Å²) in [5.74, 6) is 0.120. The minimum Gasteiger partial charge on any atom is -0.369 e. The molecule has 1 heterocycles. The lowest BCUT2D eigenvalue weighted by atomic mass is 9.68. The Morgan fingerprint density at radius 3 is 2.36 bits per heavy atom. The molecular formula is C31H32N4O. The van der Waals surface area contributed by atoms with Crippen molar-refractivity contribution in [3.8, 4) is 12.1 Å². The molecule has 1 saturated carbocycles. The fourth-order valence-corrected chi connectivity index (χ4v) is 6.89. The zero-order valence-electron chi connectivity index (χ0n) is 21.4. The lowest BCUT2D eigenvalue weighted by Crippen LogP contribution is -2.59. The van der Waals surface area contributed by atoms with Gasteiger partial charge in [0.25, 0.3) is 0 Å². The molecule has 0 N–H and O–H groups in total. The summed E-state index contributed by atoms with van der Waals surface area (Å²) in [5.41, 5.74) is 8.62. The molecule has 0 atom stereocenters. The second kappa shape index (κ2) is 8.05. The van der Waals surface area contributed by atoms with E-state index >= 15 is 0 Å². The number of Topliss-reactive ketones (excluding diaryl/α,β-unsaturated/α-hetero) is 1. The molecule has 0 spiro atoms. The van der Waals surface area contributed by atoms with Crippen molar-refractivity contribution in [2.24, 2.45) is 0 Å². The van der Waals surface area contributed by atoms with E-state index in [9.17, 15) is 15.3 Å². The molecule has 0 amide bonds. The number of benzene rings is 2. The molecule has 0 aromatic heterocycles. The Bertz CT molecular complexity index is 1410. The highest BCUT2D eigenvalue weighted by Crippen LogP contribution is 2.51. The molecule has 5 nitrogen and oxygen atoms in total. The predicted molar refractivity (Wildman–Crippen MR) is 141 cm³/mol. The zero-order chi connectivity index (χ0) is 25.2. The number of nitrogens with zero attached hydrogens (tertiary/aromatic N) is 4. The summed E-state index contributed by atoms with van der Waals surface area (Å²) in [7, 11) is 0. The van der Waals surface area contributed by atoms with Crippen LogP contribution >= 0.6 is 0 Å². The molecule has 5 heteroatoms. The lowest BCUT2D eigenvalue weighted by molar-refractivity contribution is 0.0598. The van der Waals surface area contributed by atoms with Gasteiger partial charge in [0, 0.05) is 48.4 Å². The molecule has 0 unspecified atom stereocenters. The average Bonchev–Trinajstić information content (AvgIpc) is 3.27. The summed E-state index contributed by atoms with van der Waals surface area (Å²) < 4.78 is 0. The minimum atomic E-state index is -0.274. The van der Waals surface area contributed by atoms with Gasteiger partial charge in [0.05, 0.1) is 17.7 Å². The molecule has 6 rings (SSSR count). The van der Waals surface area contributed by atoms with Crippen LogP contribution in [0.25, 0.3) is 5.57 Å². The van der Waals surface area contributed by atoms with E-state index in [2.05, 4.69) is 54.8 Å². The van der Waals surface area contributed by atoms with E-state index in [0.29, 0.717) is 5.56 Å². The third-order valence-corrected chi connectivity index (χ3v) is 9.29. The number of ketones is 1. The van der Waals surface area contributed by atoms with Crippen molar-refractivity contribution in [2.45, 2.75) is 63.8 Å². The van der Waals surface area contributed by atoms with Gasteiger partial charge in [-0.1, -0.05) is 26.8 Å². The highest BCUT2D eigenvalue weighted by atomic mass is 16.1. The second-order valence-corrected chi connectivity index (χ2v) is 11.3. The Balaban J connectivity index is 1.36. The number of piperazine rings is 1. The molecule has 0 bridgehead atoms. The maximum absolute atomic E-state index is 13.9. The molecule has 182 valence electrons. The van der Waals surface area contributed by atoms with E-state index in [4.69, 9.17) is 0 Å². The van der Waals surface area contributed by atoms with Gasteiger partial charge in [0.15, 0.2) is 5.78 Å². The Morgan fingerprint density at radius 2 is 1.75 bits per heavy atom. The molecule has 0 radical (unpaired) electrons. The van der Waals surface area contributed by atoms with Crippen molar-refractivity contribution in [3.63, 3.8) is 0 Å². The van der Waals surface area contributed by atoms with Crippen molar-refractivity contribution in [2.75, 3.05) is 31.1 Å². The molecule has 1 aliphatic heterocycles. The van der Waals surface area contributed by atoms with Crippen LogP contribution in [0, 0.1) is 22.7 Å². The molecule has 2 aromatic carbocycles. The second-order valence-electron chi connectivity index (χ2n) is 11.3. The first-order chi connectivity index (χ1) is 17.3. The summed E-state index contributed by atoms with van der Waals surface area (Å²) in [6, 6.07) is 15.0. The van der Waals surface area contributed by atoms with E-state index in [1.807, 2.05) is 18.2 Å². The van der Waals surface area contributed by atoms with Crippen molar-refractivity contribution in [1.29, 1.82) is 10.5 Å². The quantitative estimate of drug-likeness (QED) is 0.611. The van der Waals surface area contributed by atoms with Crippen molar-refractivity contribution < 1.29 is 4.79 Å². The first kappa shape index (κ1) is 23.0. The number of allylic oxidation sites excluding steroid dienone is 2. The van der Waals surface area contributed by atoms with Crippen LogP contribution in [0.15, 0.2) is 35.9 Å². The van der Waals surface area contributed by atoms with E-state index in [-0.39, 0.29) is 16.7 Å². The van der Waals surface area contributed by atoms with Gasteiger partial charge < -0.3 is 4.90 Å². The standard InChI is InChI=1S/C31H32N4O/c1-4-21-15-24-25(17-27(21)34-10-12-35(13-11-34)31(19-33)8-5-9-31)30(2,3)26-16-22-14-20(18-32)6-7-23(22)28(26)29(24)36/h6-7,14-15,17H,4-5,8-13,16H2,1-3H3. The number of aryl methyl sites for hydroxylation is 1. The maximum Gasteiger partial charge on any atom is 0.193 e. The van der Waals surface area contributed by atoms with Gasteiger partial charge in [0.1, 0.15) is 5.54 Å². The highest BCUT2D eigenvalue weighted by molar-refractivity contribution is 6.33. The molecular weight excluding hydrogens is 444 g/mol. The largest absolute Gasteiger partial charge is 0.369 e. The molecule has 4 aliphatic rings. The Labute approximate surface area is 213 Å². The van der Waals surface area contributed by atoms with E-state index in [0.717, 1.165) is 86.1 Å². The SMILES string of the molecule is CCc1cc2c(cc1N1CCN(C3(C#N)CCC3)CC1)C(C)(C)C1=C(C2=O)c2ccc(C#N)cc2C1. The topological polar surface area (TPSA) is 71.1 Å². The van der Waals surface area contributed by atoms with Gasteiger partial charge in [-0.15, -0.1) is 0 Å². The van der Waals surface area contributed by atoms with Gasteiger partial charge in [-0.2, -0.15) is 10.5 Å². The molecule has 2 aromatic rings. The van der Waals surface area contributed by atoms with Crippen LogP contribution < -0.4 is 4.90 Å². The number of nitriles is 2. The van der Waals surface area contributed by atoms with E-state index in [1.165, 1.54) is 16.8 Å². The van der Waals surface area contributed by atoms with Crippen molar-refractivity contribution in [1.82, 2.24) is 4.90 Å². The molecule has 3 aliphatic carbocycles. The normalized spacial score (nSPS) is 21.7. The molecule has 1 saturated heterocycles. The van der Waals surface area contributed by atoms with Gasteiger partial charge in [-0.25, -0.2) is 0 Å². The Hall–Kier alpha value is -3.41. The number of hydrogen-bond acceptors (Lipinski definition) is 5. The summed E-state index contributed by atoms with van der Waals surface area (Å²) >= 11 is 0. The fraction of sp³-hybridized carbons (Fsp3) is 0.452. The van der Waals surface area contributed by atoms with Crippen LogP contribution in [0.3, 0.4) is 0 Å². The lowest BCUT2D eigenvalue weighted by Gasteiger charge is -2.49. The summed E-state index contributed by atoms with van der Waals surface area (Å²) in [6.07, 6.45) is 4.73.